The van der Waals surface area contributed by atoms with Gasteiger partial charge in [0, 0.05) is 35.5 Å². The third kappa shape index (κ3) is 5.51. The van der Waals surface area contributed by atoms with Gasteiger partial charge in [0.15, 0.2) is 5.96 Å². The first-order chi connectivity index (χ1) is 12.2. The molecule has 2 heterocycles. The number of fused-ring (bicyclic) bond motifs is 1. The van der Waals surface area contributed by atoms with Gasteiger partial charge in [0.2, 0.25) is 0 Å². The van der Waals surface area contributed by atoms with Crippen molar-refractivity contribution in [3.05, 3.63) is 31.7 Å². The molecule has 5 nitrogen and oxygen atoms in total. The number of rotatable bonds is 7. The number of aromatic nitrogens is 2. The van der Waals surface area contributed by atoms with Gasteiger partial charge in [-0.25, -0.2) is 15.0 Å². The molecule has 0 unspecified atom stereocenters. The van der Waals surface area contributed by atoms with Gasteiger partial charge in [0.05, 0.1) is 17.2 Å². The number of aryl methyl sites for hydroxylation is 4. The summed E-state index contributed by atoms with van der Waals surface area (Å²) in [6.45, 7) is 6.57. The highest BCUT2D eigenvalue weighted by Crippen LogP contribution is 2.27. The van der Waals surface area contributed by atoms with Gasteiger partial charge in [-0.05, 0) is 46.0 Å². The van der Waals surface area contributed by atoms with E-state index in [1.54, 1.807) is 11.3 Å². The molecule has 3 rings (SSSR count). The largest absolute Gasteiger partial charge is 0.357 e. The Hall–Kier alpha value is -1.47. The number of nitrogens with zero attached hydrogens (tertiary/aromatic N) is 3. The summed E-state index contributed by atoms with van der Waals surface area (Å²) in [6, 6.07) is 0. The molecule has 25 heavy (non-hydrogen) atoms. The van der Waals surface area contributed by atoms with E-state index in [1.807, 2.05) is 17.5 Å². The van der Waals surface area contributed by atoms with Gasteiger partial charge in [-0.3, -0.25) is 0 Å². The molecule has 0 spiro atoms. The fraction of sp³-hybridized carbons (Fsp3) is 0.611. The SMILES string of the molecule is CCNC(=NCc1ncc(C)s1)NCCCc1nc2c(s1)CCCC2. The molecule has 0 aromatic carbocycles. The second-order valence-corrected chi connectivity index (χ2v) is 8.76. The molecular formula is C18H27N5S2. The van der Waals surface area contributed by atoms with E-state index in [0.717, 1.165) is 36.9 Å². The van der Waals surface area contributed by atoms with Crippen molar-refractivity contribution in [3.63, 3.8) is 0 Å². The van der Waals surface area contributed by atoms with Crippen LogP contribution in [0.2, 0.25) is 0 Å². The van der Waals surface area contributed by atoms with Crippen LogP contribution in [0.4, 0.5) is 0 Å². The Morgan fingerprint density at radius 2 is 2.08 bits per heavy atom. The summed E-state index contributed by atoms with van der Waals surface area (Å²) in [4.78, 5) is 16.6. The molecule has 1 aliphatic carbocycles. The third-order valence-corrected chi connectivity index (χ3v) is 6.25. The summed E-state index contributed by atoms with van der Waals surface area (Å²) in [5, 5.41) is 9.08. The summed E-state index contributed by atoms with van der Waals surface area (Å²) in [6.07, 6.45) is 9.08. The minimum atomic E-state index is 0.632. The number of hydrogen-bond donors (Lipinski definition) is 2. The second kappa shape index (κ2) is 9.29. The molecule has 2 N–H and O–H groups in total. The van der Waals surface area contributed by atoms with E-state index in [1.165, 1.54) is 46.1 Å². The molecule has 0 fully saturated rings. The Labute approximate surface area is 158 Å². The Morgan fingerprint density at radius 1 is 1.20 bits per heavy atom. The van der Waals surface area contributed by atoms with Crippen LogP contribution in [0, 0.1) is 6.92 Å². The van der Waals surface area contributed by atoms with Gasteiger partial charge >= 0.3 is 0 Å². The van der Waals surface area contributed by atoms with Crippen molar-refractivity contribution in [3.8, 4) is 0 Å². The van der Waals surface area contributed by atoms with E-state index >= 15 is 0 Å². The molecule has 0 saturated carbocycles. The third-order valence-electron chi connectivity index (χ3n) is 4.14. The van der Waals surface area contributed by atoms with Crippen molar-refractivity contribution in [2.45, 2.75) is 58.9 Å². The molecule has 0 atom stereocenters. The molecule has 0 aliphatic heterocycles. The maximum absolute atomic E-state index is 4.82. The average molecular weight is 378 g/mol. The quantitative estimate of drug-likeness (QED) is 0.441. The van der Waals surface area contributed by atoms with Crippen molar-refractivity contribution in [2.75, 3.05) is 13.1 Å². The minimum Gasteiger partial charge on any atom is -0.357 e. The lowest BCUT2D eigenvalue weighted by Crippen LogP contribution is -2.37. The van der Waals surface area contributed by atoms with Crippen LogP contribution in [0.1, 0.15) is 51.6 Å². The first kappa shape index (κ1) is 18.3. The summed E-state index contributed by atoms with van der Waals surface area (Å²) in [5.41, 5.74) is 1.37. The maximum Gasteiger partial charge on any atom is 0.191 e. The molecule has 136 valence electrons. The number of hydrogen-bond acceptors (Lipinski definition) is 5. The van der Waals surface area contributed by atoms with Crippen molar-refractivity contribution >= 4 is 28.6 Å². The Kier molecular flexibility index (Phi) is 6.81. The van der Waals surface area contributed by atoms with Gasteiger partial charge in [-0.2, -0.15) is 0 Å². The fourth-order valence-corrected chi connectivity index (χ4v) is 4.83. The lowest BCUT2D eigenvalue weighted by atomic mass is 10.0. The lowest BCUT2D eigenvalue weighted by Gasteiger charge is -2.10. The van der Waals surface area contributed by atoms with E-state index in [-0.39, 0.29) is 0 Å². The van der Waals surface area contributed by atoms with E-state index in [0.29, 0.717) is 6.54 Å². The summed E-state index contributed by atoms with van der Waals surface area (Å²) in [7, 11) is 0. The van der Waals surface area contributed by atoms with Crippen LogP contribution in [0.15, 0.2) is 11.2 Å². The summed E-state index contributed by atoms with van der Waals surface area (Å²) < 4.78 is 0. The zero-order valence-electron chi connectivity index (χ0n) is 15.1. The standard InChI is InChI=1S/C18H27N5S2/c1-3-19-18(22-12-17-21-11-13(2)24-17)20-10-6-9-16-23-14-7-4-5-8-15(14)25-16/h11H,3-10,12H2,1-2H3,(H2,19,20,22). The minimum absolute atomic E-state index is 0.632. The molecular weight excluding hydrogens is 350 g/mol. The number of nitrogens with one attached hydrogen (secondary N) is 2. The second-order valence-electron chi connectivity index (χ2n) is 6.27. The fourth-order valence-electron chi connectivity index (χ4n) is 2.92. The van der Waals surface area contributed by atoms with Crippen LogP contribution in [-0.2, 0) is 25.8 Å². The van der Waals surface area contributed by atoms with Crippen LogP contribution >= 0.6 is 22.7 Å². The first-order valence-electron chi connectivity index (χ1n) is 9.15. The van der Waals surface area contributed by atoms with Crippen molar-refractivity contribution < 1.29 is 0 Å². The van der Waals surface area contributed by atoms with E-state index in [4.69, 9.17) is 4.98 Å². The van der Waals surface area contributed by atoms with Crippen LogP contribution < -0.4 is 10.6 Å². The Morgan fingerprint density at radius 3 is 2.84 bits per heavy atom. The molecule has 0 saturated heterocycles. The van der Waals surface area contributed by atoms with Gasteiger partial charge in [0.25, 0.3) is 0 Å². The highest BCUT2D eigenvalue weighted by atomic mass is 32.1. The zero-order chi connectivity index (χ0) is 17.5. The lowest BCUT2D eigenvalue weighted by molar-refractivity contribution is 0.678. The maximum atomic E-state index is 4.82. The van der Waals surface area contributed by atoms with Crippen molar-refractivity contribution in [1.82, 2.24) is 20.6 Å². The monoisotopic (exact) mass is 377 g/mol. The van der Waals surface area contributed by atoms with Gasteiger partial charge in [-0.1, -0.05) is 0 Å². The van der Waals surface area contributed by atoms with Gasteiger partial charge in [0.1, 0.15) is 5.01 Å². The number of guanidine groups is 1. The van der Waals surface area contributed by atoms with E-state index < -0.39 is 0 Å². The average Bonchev–Trinajstić information content (AvgIpc) is 3.21. The normalized spacial score (nSPS) is 14.4. The van der Waals surface area contributed by atoms with E-state index in [9.17, 15) is 0 Å². The highest BCUT2D eigenvalue weighted by molar-refractivity contribution is 7.11. The van der Waals surface area contributed by atoms with Crippen LogP contribution in [0.25, 0.3) is 0 Å². The topological polar surface area (TPSA) is 62.2 Å². The Bertz CT molecular complexity index is 681. The Balaban J connectivity index is 1.44. The van der Waals surface area contributed by atoms with Gasteiger partial charge in [-0.15, -0.1) is 22.7 Å². The van der Waals surface area contributed by atoms with Crippen molar-refractivity contribution in [2.24, 2.45) is 4.99 Å². The smallest absolute Gasteiger partial charge is 0.191 e. The molecule has 2 aromatic heterocycles. The predicted molar refractivity (Wildman–Crippen MR) is 107 cm³/mol. The molecule has 0 amide bonds. The zero-order valence-corrected chi connectivity index (χ0v) is 16.7. The van der Waals surface area contributed by atoms with Crippen LogP contribution in [0.3, 0.4) is 0 Å². The summed E-state index contributed by atoms with van der Waals surface area (Å²) in [5.74, 6) is 0.869. The number of aliphatic imine (C=N–C) groups is 1. The molecule has 2 aromatic rings. The van der Waals surface area contributed by atoms with Gasteiger partial charge < -0.3 is 10.6 Å². The highest BCUT2D eigenvalue weighted by Gasteiger charge is 2.14. The number of thiazole rings is 2. The van der Waals surface area contributed by atoms with Crippen LogP contribution in [0.5, 0.6) is 0 Å². The predicted octanol–water partition coefficient (Wildman–Crippen LogP) is 3.47. The molecule has 7 heteroatoms. The van der Waals surface area contributed by atoms with E-state index in [2.05, 4.69) is 34.5 Å². The molecule has 0 bridgehead atoms. The first-order valence-corrected chi connectivity index (χ1v) is 10.8. The van der Waals surface area contributed by atoms with Crippen LogP contribution in [-0.4, -0.2) is 29.0 Å². The molecule has 1 aliphatic rings. The van der Waals surface area contributed by atoms with Crippen molar-refractivity contribution in [1.29, 1.82) is 0 Å². The summed E-state index contributed by atoms with van der Waals surface area (Å²) >= 11 is 3.63. The molecule has 0 radical (unpaired) electrons.